The van der Waals surface area contributed by atoms with Crippen LogP contribution in [0.2, 0.25) is 5.02 Å². The molecule has 0 fully saturated rings. The predicted octanol–water partition coefficient (Wildman–Crippen LogP) is 2.38. The molecule has 2 N–H and O–H groups in total. The molecule has 0 aliphatic heterocycles. The molecule has 0 spiro atoms. The number of fused-ring (bicyclic) bond motifs is 1. The van der Waals surface area contributed by atoms with Crippen molar-refractivity contribution in [3.05, 3.63) is 23.9 Å². The molecule has 0 saturated heterocycles. The van der Waals surface area contributed by atoms with Gasteiger partial charge in [-0.3, -0.25) is 0 Å². The van der Waals surface area contributed by atoms with Crippen LogP contribution in [-0.2, 0) is 0 Å². The number of hydrogen-bond donors (Lipinski definition) is 2. The minimum atomic E-state index is 0.475. The summed E-state index contributed by atoms with van der Waals surface area (Å²) in [5.41, 5.74) is 1.37. The summed E-state index contributed by atoms with van der Waals surface area (Å²) in [6.45, 7) is 2.72. The Bertz CT molecular complexity index is 744. The second-order valence-corrected chi connectivity index (χ2v) is 5.14. The van der Waals surface area contributed by atoms with E-state index in [9.17, 15) is 0 Å². The van der Waals surface area contributed by atoms with E-state index in [1.54, 1.807) is 12.5 Å². The predicted molar refractivity (Wildman–Crippen MR) is 77.0 cm³/mol. The fourth-order valence-electron chi connectivity index (χ4n) is 1.58. The summed E-state index contributed by atoms with van der Waals surface area (Å²) in [5.74, 6) is 0.536. The van der Waals surface area contributed by atoms with Gasteiger partial charge in [0.2, 0.25) is 5.95 Å². The zero-order valence-corrected chi connectivity index (χ0v) is 12.0. The Labute approximate surface area is 123 Å². The molecule has 9 heteroatoms. The number of halogens is 1. The lowest BCUT2D eigenvalue weighted by Crippen LogP contribution is -2.02. The minimum absolute atomic E-state index is 0.475. The summed E-state index contributed by atoms with van der Waals surface area (Å²) in [4.78, 5) is 23.9. The molecule has 3 rings (SSSR count). The van der Waals surface area contributed by atoms with Gasteiger partial charge >= 0.3 is 0 Å². The lowest BCUT2D eigenvalue weighted by Gasteiger charge is -2.06. The van der Waals surface area contributed by atoms with E-state index in [1.165, 1.54) is 18.1 Å². The van der Waals surface area contributed by atoms with Gasteiger partial charge in [-0.2, -0.15) is 0 Å². The van der Waals surface area contributed by atoms with Crippen molar-refractivity contribution in [2.45, 2.75) is 17.0 Å². The summed E-state index contributed by atoms with van der Waals surface area (Å²) < 4.78 is 0. The van der Waals surface area contributed by atoms with Crippen molar-refractivity contribution in [2.75, 3.05) is 11.9 Å². The summed E-state index contributed by atoms with van der Waals surface area (Å²) in [5, 5.41) is 4.87. The fraction of sp³-hybridized carbons (Fsp3) is 0.182. The van der Waals surface area contributed by atoms with Crippen LogP contribution in [-0.4, -0.2) is 36.4 Å². The van der Waals surface area contributed by atoms with Gasteiger partial charge in [0.25, 0.3) is 0 Å². The summed E-state index contributed by atoms with van der Waals surface area (Å²) >= 11 is 7.47. The molecule has 0 bridgehead atoms. The van der Waals surface area contributed by atoms with E-state index < -0.39 is 0 Å². The Morgan fingerprint density at radius 3 is 3.00 bits per heavy atom. The Hall–Kier alpha value is -1.93. The van der Waals surface area contributed by atoms with Crippen molar-refractivity contribution >= 4 is 40.5 Å². The maximum absolute atomic E-state index is 6.13. The van der Waals surface area contributed by atoms with Crippen LogP contribution < -0.4 is 5.32 Å². The van der Waals surface area contributed by atoms with Gasteiger partial charge in [0, 0.05) is 6.54 Å². The average molecular weight is 308 g/mol. The molecule has 0 radical (unpaired) electrons. The standard InChI is InChI=1S/C11H10ClN7S/c1-2-13-11-14-3-6(12)9(19-11)20-10-7-8(16-4-15-7)17-5-18-10/h3-5H,2H2,1H3,(H,13,14,19)(H,15,16,17,18). The number of rotatable bonds is 4. The molecule has 0 aliphatic carbocycles. The number of imidazole rings is 1. The molecular weight excluding hydrogens is 298 g/mol. The highest BCUT2D eigenvalue weighted by molar-refractivity contribution is 7.99. The third kappa shape index (κ3) is 2.52. The monoisotopic (exact) mass is 307 g/mol. The molecule has 3 heterocycles. The van der Waals surface area contributed by atoms with Crippen LogP contribution in [0.4, 0.5) is 5.95 Å². The topological polar surface area (TPSA) is 92.3 Å². The Balaban J connectivity index is 1.98. The molecule has 20 heavy (non-hydrogen) atoms. The van der Waals surface area contributed by atoms with Crippen molar-refractivity contribution in [1.82, 2.24) is 29.9 Å². The minimum Gasteiger partial charge on any atom is -0.354 e. The first-order valence-corrected chi connectivity index (χ1v) is 7.05. The molecule has 3 aromatic rings. The first-order valence-electron chi connectivity index (χ1n) is 5.86. The van der Waals surface area contributed by atoms with Crippen LogP contribution in [0, 0.1) is 0 Å². The van der Waals surface area contributed by atoms with Crippen LogP contribution in [0.5, 0.6) is 0 Å². The molecule has 3 aromatic heterocycles. The Kier molecular flexibility index (Phi) is 3.66. The van der Waals surface area contributed by atoms with Crippen LogP contribution in [0.25, 0.3) is 11.2 Å². The Morgan fingerprint density at radius 1 is 1.25 bits per heavy atom. The van der Waals surface area contributed by atoms with Gasteiger partial charge in [-0.25, -0.2) is 24.9 Å². The number of nitrogens with one attached hydrogen (secondary N) is 2. The van der Waals surface area contributed by atoms with E-state index in [2.05, 4.69) is 35.2 Å². The second-order valence-electron chi connectivity index (χ2n) is 3.76. The zero-order chi connectivity index (χ0) is 13.9. The second kappa shape index (κ2) is 5.59. The van der Waals surface area contributed by atoms with E-state index in [4.69, 9.17) is 11.6 Å². The van der Waals surface area contributed by atoms with Gasteiger partial charge in [0.1, 0.15) is 21.9 Å². The quantitative estimate of drug-likeness (QED) is 0.715. The van der Waals surface area contributed by atoms with Gasteiger partial charge in [-0.15, -0.1) is 0 Å². The van der Waals surface area contributed by atoms with Gasteiger partial charge in [-0.05, 0) is 18.7 Å². The largest absolute Gasteiger partial charge is 0.354 e. The number of aromatic nitrogens is 6. The number of H-pyrrole nitrogens is 1. The maximum Gasteiger partial charge on any atom is 0.223 e. The van der Waals surface area contributed by atoms with E-state index in [0.29, 0.717) is 21.6 Å². The van der Waals surface area contributed by atoms with Crippen molar-refractivity contribution < 1.29 is 0 Å². The Morgan fingerprint density at radius 2 is 2.15 bits per heavy atom. The van der Waals surface area contributed by atoms with Crippen molar-refractivity contribution in [3.63, 3.8) is 0 Å². The van der Waals surface area contributed by atoms with Crippen LogP contribution in [0.15, 0.2) is 28.9 Å². The van der Waals surface area contributed by atoms with E-state index >= 15 is 0 Å². The van der Waals surface area contributed by atoms with Crippen LogP contribution in [0.3, 0.4) is 0 Å². The number of aromatic amines is 1. The van der Waals surface area contributed by atoms with E-state index in [0.717, 1.165) is 17.1 Å². The lowest BCUT2D eigenvalue weighted by molar-refractivity contribution is 1.01. The van der Waals surface area contributed by atoms with Crippen molar-refractivity contribution in [1.29, 1.82) is 0 Å². The number of anilines is 1. The molecule has 0 unspecified atom stereocenters. The number of hydrogen-bond acceptors (Lipinski definition) is 7. The zero-order valence-electron chi connectivity index (χ0n) is 10.5. The molecular formula is C11H10ClN7S. The normalized spacial score (nSPS) is 10.9. The van der Waals surface area contributed by atoms with Gasteiger partial charge in [-0.1, -0.05) is 11.6 Å². The molecule has 0 amide bonds. The molecule has 7 nitrogen and oxygen atoms in total. The van der Waals surface area contributed by atoms with Gasteiger partial charge in [0.15, 0.2) is 5.65 Å². The van der Waals surface area contributed by atoms with E-state index in [1.807, 2.05) is 6.92 Å². The van der Waals surface area contributed by atoms with Gasteiger partial charge in [0.05, 0.1) is 17.5 Å². The third-order valence-electron chi connectivity index (χ3n) is 2.43. The molecule has 0 aliphatic rings. The van der Waals surface area contributed by atoms with E-state index in [-0.39, 0.29) is 0 Å². The average Bonchev–Trinajstić information content (AvgIpc) is 2.92. The third-order valence-corrected chi connectivity index (χ3v) is 3.82. The first kappa shape index (κ1) is 13.1. The SMILES string of the molecule is CCNc1ncc(Cl)c(Sc2ncnc3nc[nH]c23)n1. The summed E-state index contributed by atoms with van der Waals surface area (Å²) in [7, 11) is 0. The fourth-order valence-corrected chi connectivity index (χ4v) is 2.60. The van der Waals surface area contributed by atoms with Crippen LogP contribution in [0.1, 0.15) is 6.92 Å². The first-order chi connectivity index (χ1) is 9.78. The molecule has 0 aromatic carbocycles. The molecule has 0 atom stereocenters. The van der Waals surface area contributed by atoms with Gasteiger partial charge < -0.3 is 10.3 Å². The van der Waals surface area contributed by atoms with Crippen molar-refractivity contribution in [3.8, 4) is 0 Å². The summed E-state index contributed by atoms with van der Waals surface area (Å²) in [6, 6.07) is 0. The highest BCUT2D eigenvalue weighted by Gasteiger charge is 2.12. The number of nitrogens with zero attached hydrogens (tertiary/aromatic N) is 5. The maximum atomic E-state index is 6.13. The summed E-state index contributed by atoms with van der Waals surface area (Å²) in [6.07, 6.45) is 4.61. The lowest BCUT2D eigenvalue weighted by atomic mass is 10.6. The molecule has 0 saturated carbocycles. The van der Waals surface area contributed by atoms with Crippen molar-refractivity contribution in [2.24, 2.45) is 0 Å². The highest BCUT2D eigenvalue weighted by atomic mass is 35.5. The smallest absolute Gasteiger partial charge is 0.223 e. The highest BCUT2D eigenvalue weighted by Crippen LogP contribution is 2.33. The van der Waals surface area contributed by atoms with Crippen LogP contribution >= 0.6 is 23.4 Å². The molecule has 102 valence electrons.